The van der Waals surface area contributed by atoms with Crippen LogP contribution in [0.1, 0.15) is 56.0 Å². The van der Waals surface area contributed by atoms with Crippen molar-refractivity contribution >= 4 is 0 Å². The van der Waals surface area contributed by atoms with Gasteiger partial charge in [0.25, 0.3) is 0 Å². The maximum atomic E-state index is 4.65. The van der Waals surface area contributed by atoms with Crippen molar-refractivity contribution in [2.75, 3.05) is 7.05 Å². The van der Waals surface area contributed by atoms with Crippen LogP contribution in [-0.4, -0.2) is 17.0 Å². The third kappa shape index (κ3) is 3.01. The zero-order chi connectivity index (χ0) is 11.2. The number of hydrogen-bond donors (Lipinski definition) is 1. The summed E-state index contributed by atoms with van der Waals surface area (Å²) in [6, 6.07) is 2.00. The van der Waals surface area contributed by atoms with E-state index in [1.165, 1.54) is 38.5 Å². The van der Waals surface area contributed by atoms with E-state index in [0.29, 0.717) is 5.92 Å². The van der Waals surface area contributed by atoms with Crippen molar-refractivity contribution in [3.05, 3.63) is 23.8 Å². The van der Waals surface area contributed by atoms with Crippen LogP contribution >= 0.6 is 0 Å². The van der Waals surface area contributed by atoms with Gasteiger partial charge in [0.05, 0.1) is 5.69 Å². The van der Waals surface area contributed by atoms with E-state index in [0.717, 1.165) is 18.1 Å². The van der Waals surface area contributed by atoms with Crippen molar-refractivity contribution in [2.45, 2.75) is 51.0 Å². The average Bonchev–Trinajstić information content (AvgIpc) is 2.58. The Hall–Kier alpha value is -0.960. The molecule has 0 bridgehead atoms. The Bertz CT molecular complexity index is 317. The molecule has 0 spiro atoms. The van der Waals surface area contributed by atoms with Crippen LogP contribution in [0.5, 0.6) is 0 Å². The van der Waals surface area contributed by atoms with E-state index in [9.17, 15) is 0 Å². The topological polar surface area (TPSA) is 37.8 Å². The molecule has 1 saturated carbocycles. The van der Waals surface area contributed by atoms with Gasteiger partial charge in [-0.25, -0.2) is 9.97 Å². The number of rotatable bonds is 3. The fourth-order valence-electron chi connectivity index (χ4n) is 2.43. The van der Waals surface area contributed by atoms with E-state index >= 15 is 0 Å². The van der Waals surface area contributed by atoms with E-state index in [1.54, 1.807) is 0 Å². The van der Waals surface area contributed by atoms with Gasteiger partial charge in [-0.05, 0) is 26.0 Å². The van der Waals surface area contributed by atoms with Crippen molar-refractivity contribution in [3.63, 3.8) is 0 Å². The summed E-state index contributed by atoms with van der Waals surface area (Å²) >= 11 is 0. The summed E-state index contributed by atoms with van der Waals surface area (Å²) in [7, 11) is 1.95. The molecule has 3 heteroatoms. The molecule has 88 valence electrons. The molecule has 1 fully saturated rings. The summed E-state index contributed by atoms with van der Waals surface area (Å²) in [6.07, 6.45) is 9.87. The van der Waals surface area contributed by atoms with E-state index in [2.05, 4.69) is 15.3 Å². The second-order valence-electron chi connectivity index (χ2n) is 4.62. The van der Waals surface area contributed by atoms with Crippen LogP contribution in [0.25, 0.3) is 0 Å². The Kier molecular flexibility index (Phi) is 4.28. The zero-order valence-corrected chi connectivity index (χ0v) is 10.1. The van der Waals surface area contributed by atoms with Crippen molar-refractivity contribution in [1.29, 1.82) is 0 Å². The Labute approximate surface area is 97.7 Å². The smallest absolute Gasteiger partial charge is 0.131 e. The van der Waals surface area contributed by atoms with Crippen molar-refractivity contribution in [2.24, 2.45) is 0 Å². The Morgan fingerprint density at radius 3 is 2.69 bits per heavy atom. The highest BCUT2D eigenvalue weighted by molar-refractivity contribution is 5.06. The van der Waals surface area contributed by atoms with Crippen LogP contribution in [0.3, 0.4) is 0 Å². The summed E-state index contributed by atoms with van der Waals surface area (Å²) in [4.78, 5) is 9.10. The average molecular weight is 219 g/mol. The number of nitrogens with zero attached hydrogens (tertiary/aromatic N) is 2. The van der Waals surface area contributed by atoms with Crippen LogP contribution in [0, 0.1) is 0 Å². The molecule has 1 heterocycles. The molecular weight excluding hydrogens is 198 g/mol. The SMILES string of the molecule is CNCc1ccnc(C2CCCCCC2)n1. The first-order valence-electron chi connectivity index (χ1n) is 6.36. The minimum Gasteiger partial charge on any atom is -0.314 e. The maximum Gasteiger partial charge on any atom is 0.131 e. The molecule has 1 N–H and O–H groups in total. The molecule has 3 nitrogen and oxygen atoms in total. The van der Waals surface area contributed by atoms with Gasteiger partial charge < -0.3 is 5.32 Å². The van der Waals surface area contributed by atoms with Gasteiger partial charge in [0.1, 0.15) is 5.82 Å². The predicted octanol–water partition coefficient (Wildman–Crippen LogP) is 2.63. The van der Waals surface area contributed by atoms with Gasteiger partial charge in [0.2, 0.25) is 0 Å². The molecule has 1 aliphatic rings. The van der Waals surface area contributed by atoms with Crippen molar-refractivity contribution < 1.29 is 0 Å². The molecule has 0 aliphatic heterocycles. The van der Waals surface area contributed by atoms with Crippen LogP contribution in [0.2, 0.25) is 0 Å². The Morgan fingerprint density at radius 2 is 2.00 bits per heavy atom. The van der Waals surface area contributed by atoms with Gasteiger partial charge in [-0.2, -0.15) is 0 Å². The van der Waals surface area contributed by atoms with E-state index in [1.807, 2.05) is 19.3 Å². The molecule has 0 unspecified atom stereocenters. The van der Waals surface area contributed by atoms with Gasteiger partial charge in [-0.1, -0.05) is 25.7 Å². The Morgan fingerprint density at radius 1 is 1.25 bits per heavy atom. The van der Waals surface area contributed by atoms with Crippen LogP contribution in [-0.2, 0) is 6.54 Å². The second kappa shape index (κ2) is 5.94. The fraction of sp³-hybridized carbons (Fsp3) is 0.692. The lowest BCUT2D eigenvalue weighted by Gasteiger charge is -2.12. The molecule has 0 radical (unpaired) electrons. The molecular formula is C13H21N3. The van der Waals surface area contributed by atoms with Gasteiger partial charge >= 0.3 is 0 Å². The molecule has 0 amide bonds. The van der Waals surface area contributed by atoms with E-state index < -0.39 is 0 Å². The van der Waals surface area contributed by atoms with Crippen LogP contribution in [0.15, 0.2) is 12.3 Å². The lowest BCUT2D eigenvalue weighted by molar-refractivity contribution is 0.555. The predicted molar refractivity (Wildman–Crippen MR) is 65.2 cm³/mol. The molecule has 1 aromatic rings. The van der Waals surface area contributed by atoms with Gasteiger partial charge in [0, 0.05) is 18.7 Å². The highest BCUT2D eigenvalue weighted by Gasteiger charge is 2.16. The third-order valence-corrected chi connectivity index (χ3v) is 3.31. The first-order valence-corrected chi connectivity index (χ1v) is 6.36. The monoisotopic (exact) mass is 219 g/mol. The van der Waals surface area contributed by atoms with Crippen molar-refractivity contribution in [1.82, 2.24) is 15.3 Å². The summed E-state index contributed by atoms with van der Waals surface area (Å²) in [5.41, 5.74) is 1.11. The normalized spacial score (nSPS) is 18.3. The number of nitrogens with one attached hydrogen (secondary N) is 1. The van der Waals surface area contributed by atoms with Crippen LogP contribution < -0.4 is 5.32 Å². The molecule has 1 aromatic heterocycles. The highest BCUT2D eigenvalue weighted by Crippen LogP contribution is 2.29. The van der Waals surface area contributed by atoms with Gasteiger partial charge in [0.15, 0.2) is 0 Å². The quantitative estimate of drug-likeness (QED) is 0.794. The number of aromatic nitrogens is 2. The summed E-state index contributed by atoms with van der Waals surface area (Å²) < 4.78 is 0. The Balaban J connectivity index is 2.08. The van der Waals surface area contributed by atoms with Gasteiger partial charge in [-0.15, -0.1) is 0 Å². The number of hydrogen-bond acceptors (Lipinski definition) is 3. The van der Waals surface area contributed by atoms with Gasteiger partial charge in [-0.3, -0.25) is 0 Å². The molecule has 1 aliphatic carbocycles. The van der Waals surface area contributed by atoms with E-state index in [-0.39, 0.29) is 0 Å². The first kappa shape index (κ1) is 11.5. The fourth-order valence-corrected chi connectivity index (χ4v) is 2.43. The van der Waals surface area contributed by atoms with E-state index in [4.69, 9.17) is 0 Å². The third-order valence-electron chi connectivity index (χ3n) is 3.31. The summed E-state index contributed by atoms with van der Waals surface area (Å²) in [5, 5.41) is 3.14. The molecule has 0 atom stereocenters. The standard InChI is InChI=1S/C13H21N3/c1-14-10-12-8-9-15-13(16-12)11-6-4-2-3-5-7-11/h8-9,11,14H,2-7,10H2,1H3. The first-order chi connectivity index (χ1) is 7.90. The lowest BCUT2D eigenvalue weighted by atomic mass is 9.99. The largest absolute Gasteiger partial charge is 0.314 e. The minimum atomic E-state index is 0.597. The highest BCUT2D eigenvalue weighted by atomic mass is 14.9. The molecule has 0 saturated heterocycles. The summed E-state index contributed by atoms with van der Waals surface area (Å²) in [5.74, 6) is 1.66. The second-order valence-corrected chi connectivity index (χ2v) is 4.62. The van der Waals surface area contributed by atoms with Crippen molar-refractivity contribution in [3.8, 4) is 0 Å². The minimum absolute atomic E-state index is 0.597. The maximum absolute atomic E-state index is 4.65. The molecule has 0 aromatic carbocycles. The lowest BCUT2D eigenvalue weighted by Crippen LogP contribution is -2.10. The zero-order valence-electron chi connectivity index (χ0n) is 10.1. The molecule has 16 heavy (non-hydrogen) atoms. The summed E-state index contributed by atoms with van der Waals surface area (Å²) in [6.45, 7) is 0.836. The molecule has 2 rings (SSSR count). The van der Waals surface area contributed by atoms with Crippen LogP contribution in [0.4, 0.5) is 0 Å².